The Morgan fingerprint density at radius 3 is 2.78 bits per heavy atom. The summed E-state index contributed by atoms with van der Waals surface area (Å²) < 4.78 is 19.3. The lowest BCUT2D eigenvalue weighted by Crippen LogP contribution is -2.45. The van der Waals surface area contributed by atoms with Crippen LogP contribution in [0.3, 0.4) is 0 Å². The van der Waals surface area contributed by atoms with Crippen LogP contribution < -0.4 is 10.6 Å². The molecule has 1 aromatic rings. The zero-order valence-electron chi connectivity index (χ0n) is 14.1. The average Bonchev–Trinajstić information content (AvgIpc) is 2.93. The summed E-state index contributed by atoms with van der Waals surface area (Å²) in [5, 5.41) is 6.53. The number of aryl methyl sites for hydroxylation is 1. The number of halogens is 2. The molecule has 0 radical (unpaired) electrons. The van der Waals surface area contributed by atoms with Crippen LogP contribution in [0, 0.1) is 12.7 Å². The summed E-state index contributed by atoms with van der Waals surface area (Å²) in [6, 6.07) is 5.24. The van der Waals surface area contributed by atoms with Crippen molar-refractivity contribution in [3.05, 3.63) is 35.1 Å². The fraction of sp³-hybridized carbons (Fsp3) is 0.588. The molecule has 1 atom stereocenters. The van der Waals surface area contributed by atoms with E-state index in [1.807, 2.05) is 13.0 Å². The van der Waals surface area contributed by atoms with Gasteiger partial charge in [-0.3, -0.25) is 0 Å². The van der Waals surface area contributed by atoms with E-state index in [0.29, 0.717) is 12.1 Å². The van der Waals surface area contributed by atoms with Crippen LogP contribution >= 0.6 is 24.0 Å². The van der Waals surface area contributed by atoms with Gasteiger partial charge in [-0.25, -0.2) is 9.38 Å². The van der Waals surface area contributed by atoms with E-state index >= 15 is 0 Å². The lowest BCUT2D eigenvalue weighted by Gasteiger charge is -2.24. The highest BCUT2D eigenvalue weighted by Crippen LogP contribution is 2.23. The minimum Gasteiger partial charge on any atom is -0.373 e. The predicted octanol–water partition coefficient (Wildman–Crippen LogP) is 3.38. The number of aliphatic imine (C=N–C) groups is 1. The first-order valence-electron chi connectivity index (χ1n) is 7.93. The molecular formula is C17H27FIN3O. The fourth-order valence-electron chi connectivity index (χ4n) is 2.49. The third kappa shape index (κ3) is 6.25. The standard InChI is InChI=1S/C17H26FN3O.HI/c1-4-19-16(21-12-17(3)8-5-9-22-17)20-11-14-7-6-13(2)15(18)10-14;/h6-7,10H,4-5,8-9,11-12H2,1-3H3,(H2,19,20,21);1H. The summed E-state index contributed by atoms with van der Waals surface area (Å²) >= 11 is 0. The van der Waals surface area contributed by atoms with Crippen molar-refractivity contribution in [1.82, 2.24) is 10.6 Å². The van der Waals surface area contributed by atoms with Crippen LogP contribution in [0.1, 0.15) is 37.8 Å². The molecule has 6 heteroatoms. The third-order valence-corrected chi connectivity index (χ3v) is 3.93. The molecule has 2 N–H and O–H groups in total. The van der Waals surface area contributed by atoms with Gasteiger partial charge in [0.2, 0.25) is 0 Å². The van der Waals surface area contributed by atoms with Gasteiger partial charge in [-0.2, -0.15) is 0 Å². The van der Waals surface area contributed by atoms with Crippen LogP contribution in [0.4, 0.5) is 4.39 Å². The first-order valence-corrected chi connectivity index (χ1v) is 7.93. The van der Waals surface area contributed by atoms with E-state index in [4.69, 9.17) is 4.74 Å². The summed E-state index contributed by atoms with van der Waals surface area (Å²) in [5.74, 6) is 0.553. The average molecular weight is 435 g/mol. The summed E-state index contributed by atoms with van der Waals surface area (Å²) in [5.41, 5.74) is 1.40. The van der Waals surface area contributed by atoms with Crippen molar-refractivity contribution in [2.24, 2.45) is 4.99 Å². The maximum absolute atomic E-state index is 13.6. The number of hydrogen-bond donors (Lipinski definition) is 2. The molecular weight excluding hydrogens is 408 g/mol. The molecule has 0 spiro atoms. The minimum absolute atomic E-state index is 0. The monoisotopic (exact) mass is 435 g/mol. The molecule has 1 aliphatic rings. The Morgan fingerprint density at radius 2 is 2.17 bits per heavy atom. The topological polar surface area (TPSA) is 45.7 Å². The number of rotatable bonds is 5. The Bertz CT molecular complexity index is 531. The van der Waals surface area contributed by atoms with Gasteiger partial charge in [-0.05, 0) is 50.8 Å². The number of nitrogens with zero attached hydrogens (tertiary/aromatic N) is 1. The Kier molecular flexibility index (Phi) is 8.25. The molecule has 4 nitrogen and oxygen atoms in total. The van der Waals surface area contributed by atoms with Crippen LogP contribution in [0.5, 0.6) is 0 Å². The van der Waals surface area contributed by atoms with Crippen LogP contribution in [-0.2, 0) is 11.3 Å². The summed E-state index contributed by atoms with van der Waals surface area (Å²) in [7, 11) is 0. The molecule has 1 fully saturated rings. The minimum atomic E-state index is -0.183. The SMILES string of the molecule is CCNC(=NCc1ccc(C)c(F)c1)NCC1(C)CCCO1.I. The molecule has 1 unspecified atom stereocenters. The van der Waals surface area contributed by atoms with Crippen molar-refractivity contribution < 1.29 is 9.13 Å². The maximum Gasteiger partial charge on any atom is 0.191 e. The quantitative estimate of drug-likeness (QED) is 0.424. The van der Waals surface area contributed by atoms with Gasteiger partial charge < -0.3 is 15.4 Å². The Morgan fingerprint density at radius 1 is 1.39 bits per heavy atom. The second kappa shape index (κ2) is 9.42. The number of guanidine groups is 1. The van der Waals surface area contributed by atoms with Crippen molar-refractivity contribution in [2.45, 2.75) is 45.8 Å². The van der Waals surface area contributed by atoms with Crippen molar-refractivity contribution in [1.29, 1.82) is 0 Å². The highest BCUT2D eigenvalue weighted by Gasteiger charge is 2.29. The molecule has 0 amide bonds. The van der Waals surface area contributed by atoms with Crippen molar-refractivity contribution in [3.63, 3.8) is 0 Å². The normalized spacial score (nSPS) is 21.0. The van der Waals surface area contributed by atoms with Gasteiger partial charge in [0.05, 0.1) is 12.1 Å². The van der Waals surface area contributed by atoms with Crippen LogP contribution in [0.25, 0.3) is 0 Å². The van der Waals surface area contributed by atoms with Crippen LogP contribution in [0.15, 0.2) is 23.2 Å². The van der Waals surface area contributed by atoms with Gasteiger partial charge in [0.1, 0.15) is 5.82 Å². The van der Waals surface area contributed by atoms with Crippen molar-refractivity contribution >= 4 is 29.9 Å². The van der Waals surface area contributed by atoms with E-state index in [9.17, 15) is 4.39 Å². The molecule has 130 valence electrons. The molecule has 1 aromatic carbocycles. The Hall–Kier alpha value is -0.890. The summed E-state index contributed by atoms with van der Waals surface area (Å²) in [4.78, 5) is 4.52. The van der Waals surface area contributed by atoms with Crippen molar-refractivity contribution in [2.75, 3.05) is 19.7 Å². The van der Waals surface area contributed by atoms with Gasteiger partial charge in [0.25, 0.3) is 0 Å². The number of ether oxygens (including phenoxy) is 1. The fourth-order valence-corrected chi connectivity index (χ4v) is 2.49. The predicted molar refractivity (Wildman–Crippen MR) is 103 cm³/mol. The van der Waals surface area contributed by atoms with E-state index in [2.05, 4.69) is 22.5 Å². The molecule has 23 heavy (non-hydrogen) atoms. The molecule has 1 saturated heterocycles. The lowest BCUT2D eigenvalue weighted by molar-refractivity contribution is 0.0243. The van der Waals surface area contributed by atoms with E-state index in [1.54, 1.807) is 19.1 Å². The van der Waals surface area contributed by atoms with Crippen molar-refractivity contribution in [3.8, 4) is 0 Å². The van der Waals surface area contributed by atoms with Gasteiger partial charge in [-0.15, -0.1) is 24.0 Å². The maximum atomic E-state index is 13.6. The highest BCUT2D eigenvalue weighted by molar-refractivity contribution is 14.0. The molecule has 2 rings (SSSR count). The zero-order chi connectivity index (χ0) is 16.0. The van der Waals surface area contributed by atoms with E-state index in [0.717, 1.165) is 44.1 Å². The second-order valence-electron chi connectivity index (χ2n) is 6.03. The summed E-state index contributed by atoms with van der Waals surface area (Å²) in [6.45, 7) is 8.68. The van der Waals surface area contributed by atoms with E-state index in [-0.39, 0.29) is 35.4 Å². The smallest absolute Gasteiger partial charge is 0.191 e. The van der Waals surface area contributed by atoms with Gasteiger partial charge >= 0.3 is 0 Å². The first-order chi connectivity index (χ1) is 10.5. The number of benzene rings is 1. The largest absolute Gasteiger partial charge is 0.373 e. The first kappa shape index (κ1) is 20.2. The van der Waals surface area contributed by atoms with Crippen LogP contribution in [-0.4, -0.2) is 31.3 Å². The molecule has 1 aliphatic heterocycles. The number of nitrogens with one attached hydrogen (secondary N) is 2. The van der Waals surface area contributed by atoms with E-state index in [1.165, 1.54) is 0 Å². The second-order valence-corrected chi connectivity index (χ2v) is 6.03. The highest BCUT2D eigenvalue weighted by atomic mass is 127. The zero-order valence-corrected chi connectivity index (χ0v) is 16.4. The molecule has 0 bridgehead atoms. The third-order valence-electron chi connectivity index (χ3n) is 3.93. The van der Waals surface area contributed by atoms with Gasteiger partial charge in [0, 0.05) is 19.7 Å². The molecule has 1 heterocycles. The van der Waals surface area contributed by atoms with Gasteiger partial charge in [-0.1, -0.05) is 12.1 Å². The molecule has 0 saturated carbocycles. The molecule has 0 aromatic heterocycles. The Balaban J connectivity index is 0.00000264. The molecule has 0 aliphatic carbocycles. The summed E-state index contributed by atoms with van der Waals surface area (Å²) in [6.07, 6.45) is 2.16. The number of hydrogen-bond acceptors (Lipinski definition) is 2. The van der Waals surface area contributed by atoms with Crippen LogP contribution in [0.2, 0.25) is 0 Å². The van der Waals surface area contributed by atoms with Gasteiger partial charge in [0.15, 0.2) is 5.96 Å². The Labute approximate surface area is 155 Å². The lowest BCUT2D eigenvalue weighted by atomic mass is 10.0. The van der Waals surface area contributed by atoms with E-state index < -0.39 is 0 Å².